The van der Waals surface area contributed by atoms with Crippen LogP contribution in [-0.4, -0.2) is 4.98 Å². The SMILES string of the molecule is O=c1ccc2nc3cc(Cl)ccc3sc-2c1. The summed E-state index contributed by atoms with van der Waals surface area (Å²) in [7, 11) is 0. The van der Waals surface area contributed by atoms with Gasteiger partial charge in [-0.3, -0.25) is 4.79 Å². The van der Waals surface area contributed by atoms with Crippen molar-refractivity contribution >= 4 is 33.2 Å². The van der Waals surface area contributed by atoms with Gasteiger partial charge in [0.2, 0.25) is 0 Å². The van der Waals surface area contributed by atoms with Crippen LogP contribution in [0, 0.1) is 0 Å². The van der Waals surface area contributed by atoms with Gasteiger partial charge in [0.1, 0.15) is 0 Å². The van der Waals surface area contributed by atoms with Gasteiger partial charge in [-0.15, -0.1) is 11.3 Å². The van der Waals surface area contributed by atoms with Crippen LogP contribution in [-0.2, 0) is 0 Å². The van der Waals surface area contributed by atoms with Gasteiger partial charge in [-0.1, -0.05) is 11.6 Å². The highest BCUT2D eigenvalue weighted by Gasteiger charge is 2.07. The minimum absolute atomic E-state index is 0.0128. The number of hydrogen-bond donors (Lipinski definition) is 0. The van der Waals surface area contributed by atoms with E-state index in [0.29, 0.717) is 5.02 Å². The first-order valence-corrected chi connectivity index (χ1v) is 5.92. The molecule has 1 aromatic rings. The zero-order valence-electron chi connectivity index (χ0n) is 8.11. The van der Waals surface area contributed by atoms with E-state index in [4.69, 9.17) is 11.6 Å². The lowest BCUT2D eigenvalue weighted by Crippen LogP contribution is -1.97. The lowest BCUT2D eigenvalue weighted by atomic mass is 10.2. The summed E-state index contributed by atoms with van der Waals surface area (Å²) in [5.74, 6) is 0. The molecule has 0 fully saturated rings. The average molecular weight is 248 g/mol. The van der Waals surface area contributed by atoms with E-state index in [2.05, 4.69) is 4.98 Å². The van der Waals surface area contributed by atoms with E-state index in [-0.39, 0.29) is 5.43 Å². The van der Waals surface area contributed by atoms with Crippen LogP contribution in [0.4, 0.5) is 0 Å². The summed E-state index contributed by atoms with van der Waals surface area (Å²) in [5.41, 5.74) is 1.71. The molecule has 0 bridgehead atoms. The van der Waals surface area contributed by atoms with Gasteiger partial charge in [-0.2, -0.15) is 0 Å². The molecular formula is C12H6ClNOS. The Hall–Kier alpha value is -1.45. The highest BCUT2D eigenvalue weighted by atomic mass is 35.5. The summed E-state index contributed by atoms with van der Waals surface area (Å²) >= 11 is 7.46. The third-order valence-corrected chi connectivity index (χ3v) is 3.66. The van der Waals surface area contributed by atoms with Crippen molar-refractivity contribution in [1.29, 1.82) is 0 Å². The maximum Gasteiger partial charge on any atom is 0.180 e. The molecule has 0 saturated heterocycles. The maximum absolute atomic E-state index is 11.2. The molecule has 0 aromatic heterocycles. The molecule has 78 valence electrons. The Morgan fingerprint density at radius 2 is 2.00 bits per heavy atom. The molecule has 0 amide bonds. The van der Waals surface area contributed by atoms with Gasteiger partial charge < -0.3 is 0 Å². The summed E-state index contributed by atoms with van der Waals surface area (Å²) < 4.78 is 1.03. The minimum Gasteiger partial charge on any atom is -0.290 e. The first-order chi connectivity index (χ1) is 7.72. The number of halogens is 1. The van der Waals surface area contributed by atoms with Gasteiger partial charge in [-0.05, 0) is 30.3 Å². The molecule has 1 heterocycles. The van der Waals surface area contributed by atoms with Crippen LogP contribution >= 0.6 is 22.9 Å². The van der Waals surface area contributed by atoms with Crippen molar-refractivity contribution in [3.8, 4) is 10.6 Å². The second-order valence-electron chi connectivity index (χ2n) is 3.46. The predicted octanol–water partition coefficient (Wildman–Crippen LogP) is 3.41. The predicted molar refractivity (Wildman–Crippen MR) is 67.5 cm³/mol. The highest BCUT2D eigenvalue weighted by molar-refractivity contribution is 7.21. The first-order valence-electron chi connectivity index (χ1n) is 4.72. The van der Waals surface area contributed by atoms with Crippen molar-refractivity contribution in [2.45, 2.75) is 0 Å². The Bertz CT molecular complexity index is 707. The fraction of sp³-hybridized carbons (Fsp3) is 0. The number of nitrogens with zero attached hydrogens (tertiary/aromatic N) is 1. The minimum atomic E-state index is 0.0128. The van der Waals surface area contributed by atoms with Crippen molar-refractivity contribution in [2.75, 3.05) is 0 Å². The molecule has 0 atom stereocenters. The normalized spacial score (nSPS) is 11.1. The van der Waals surface area contributed by atoms with E-state index in [0.717, 1.165) is 20.8 Å². The molecule has 1 aromatic carbocycles. The molecule has 2 aliphatic rings. The van der Waals surface area contributed by atoms with Crippen LogP contribution in [0.2, 0.25) is 5.02 Å². The van der Waals surface area contributed by atoms with E-state index in [1.54, 1.807) is 23.5 Å². The van der Waals surface area contributed by atoms with Crippen molar-refractivity contribution in [1.82, 2.24) is 4.98 Å². The second kappa shape index (κ2) is 3.54. The maximum atomic E-state index is 11.2. The van der Waals surface area contributed by atoms with Gasteiger partial charge >= 0.3 is 0 Å². The monoisotopic (exact) mass is 247 g/mol. The van der Waals surface area contributed by atoms with Crippen molar-refractivity contribution in [3.05, 3.63) is 51.6 Å². The van der Waals surface area contributed by atoms with E-state index in [9.17, 15) is 4.79 Å². The van der Waals surface area contributed by atoms with E-state index in [1.165, 1.54) is 6.07 Å². The van der Waals surface area contributed by atoms with E-state index >= 15 is 0 Å². The Labute approximate surface area is 100 Å². The number of rotatable bonds is 0. The zero-order valence-corrected chi connectivity index (χ0v) is 9.68. The largest absolute Gasteiger partial charge is 0.290 e. The van der Waals surface area contributed by atoms with Crippen molar-refractivity contribution < 1.29 is 0 Å². The number of fused-ring (bicyclic) bond motifs is 2. The molecule has 0 N–H and O–H groups in total. The molecule has 1 aliphatic heterocycles. The van der Waals surface area contributed by atoms with Crippen LogP contribution in [0.15, 0.2) is 41.2 Å². The van der Waals surface area contributed by atoms with Crippen LogP contribution in [0.25, 0.3) is 20.8 Å². The molecule has 0 saturated carbocycles. The van der Waals surface area contributed by atoms with Crippen LogP contribution in [0.3, 0.4) is 0 Å². The first kappa shape index (κ1) is 9.75. The summed E-state index contributed by atoms with van der Waals surface area (Å²) in [6, 6.07) is 10.5. The number of aromatic nitrogens is 1. The lowest BCUT2D eigenvalue weighted by Gasteiger charge is -2.04. The fourth-order valence-corrected chi connectivity index (χ4v) is 2.72. The summed E-state index contributed by atoms with van der Waals surface area (Å²) in [6.07, 6.45) is 0. The fourth-order valence-electron chi connectivity index (χ4n) is 1.58. The van der Waals surface area contributed by atoms with Crippen molar-refractivity contribution in [2.24, 2.45) is 0 Å². The Morgan fingerprint density at radius 1 is 1.12 bits per heavy atom. The highest BCUT2D eigenvalue weighted by Crippen LogP contribution is 2.30. The van der Waals surface area contributed by atoms with Gasteiger partial charge in [0.05, 0.1) is 20.8 Å². The third kappa shape index (κ3) is 1.58. The molecule has 1 aliphatic carbocycles. The Morgan fingerprint density at radius 3 is 2.88 bits per heavy atom. The Balaban J connectivity index is 2.45. The summed E-state index contributed by atoms with van der Waals surface area (Å²) in [6.45, 7) is 0. The van der Waals surface area contributed by atoms with E-state index in [1.807, 2.05) is 18.2 Å². The molecule has 0 unspecified atom stereocenters. The molecule has 4 heteroatoms. The molecule has 0 spiro atoms. The zero-order chi connectivity index (χ0) is 11.1. The van der Waals surface area contributed by atoms with Crippen LogP contribution < -0.4 is 5.43 Å². The molecule has 2 nitrogen and oxygen atoms in total. The summed E-state index contributed by atoms with van der Waals surface area (Å²) in [4.78, 5) is 16.6. The molecule has 3 rings (SSSR count). The standard InChI is InChI=1S/C12H6ClNOS/c13-7-1-4-11-10(5-7)14-9-3-2-8(15)6-12(9)16-11/h1-6H. The van der Waals surface area contributed by atoms with Crippen molar-refractivity contribution in [3.63, 3.8) is 0 Å². The van der Waals surface area contributed by atoms with Gasteiger partial charge in [0, 0.05) is 11.1 Å². The third-order valence-electron chi connectivity index (χ3n) is 2.31. The number of hydrogen-bond acceptors (Lipinski definition) is 3. The van der Waals surface area contributed by atoms with Crippen LogP contribution in [0.5, 0.6) is 0 Å². The Kier molecular flexibility index (Phi) is 2.16. The topological polar surface area (TPSA) is 30.0 Å². The molecule has 0 radical (unpaired) electrons. The number of benzene rings is 2. The second-order valence-corrected chi connectivity index (χ2v) is 4.98. The summed E-state index contributed by atoms with van der Waals surface area (Å²) in [5, 5.41) is 0.673. The lowest BCUT2D eigenvalue weighted by molar-refractivity contribution is 1.41. The van der Waals surface area contributed by atoms with Crippen LogP contribution in [0.1, 0.15) is 0 Å². The average Bonchev–Trinajstić information content (AvgIpc) is 2.26. The van der Waals surface area contributed by atoms with E-state index < -0.39 is 0 Å². The molecule has 16 heavy (non-hydrogen) atoms. The molecular weight excluding hydrogens is 242 g/mol. The quantitative estimate of drug-likeness (QED) is 0.570. The van der Waals surface area contributed by atoms with Gasteiger partial charge in [0.15, 0.2) is 5.43 Å². The van der Waals surface area contributed by atoms with Gasteiger partial charge in [0.25, 0.3) is 0 Å². The van der Waals surface area contributed by atoms with Gasteiger partial charge in [-0.25, -0.2) is 4.98 Å². The smallest absolute Gasteiger partial charge is 0.180 e.